The summed E-state index contributed by atoms with van der Waals surface area (Å²) >= 11 is 5.33. The van der Waals surface area contributed by atoms with Crippen LogP contribution in [0.4, 0.5) is 10.3 Å². The molecule has 1 aromatic heterocycles. The summed E-state index contributed by atoms with van der Waals surface area (Å²) < 4.78 is 25.0. The number of nitrogens with one attached hydrogen (secondary N) is 1. The zero-order chi connectivity index (χ0) is 17.7. The van der Waals surface area contributed by atoms with Gasteiger partial charge in [0.1, 0.15) is 16.6 Å². The average Bonchev–Trinajstić information content (AvgIpc) is 3.03. The zero-order valence-electron chi connectivity index (χ0n) is 14.5. The Morgan fingerprint density at radius 3 is 2.67 bits per heavy atom. The second-order valence-corrected chi connectivity index (χ2v) is 6.25. The van der Waals surface area contributed by atoms with Gasteiger partial charge in [-0.1, -0.05) is 44.2 Å². The molecule has 24 heavy (non-hydrogen) atoms. The minimum Gasteiger partial charge on any atom is -0.493 e. The van der Waals surface area contributed by atoms with E-state index >= 15 is 0 Å². The van der Waals surface area contributed by atoms with Gasteiger partial charge in [-0.05, 0) is 31.9 Å². The first-order valence-corrected chi connectivity index (χ1v) is 8.55. The van der Waals surface area contributed by atoms with E-state index in [-0.39, 0.29) is 16.0 Å². The molecule has 4 nitrogen and oxygen atoms in total. The fraction of sp³-hybridized carbons (Fsp3) is 0.444. The normalized spacial score (nSPS) is 11.4. The molecule has 0 aliphatic heterocycles. The van der Waals surface area contributed by atoms with Crippen LogP contribution in [-0.2, 0) is 5.41 Å². The molecule has 0 fully saturated rings. The van der Waals surface area contributed by atoms with E-state index in [1.807, 2.05) is 13.0 Å². The van der Waals surface area contributed by atoms with Gasteiger partial charge in [-0.3, -0.25) is 0 Å². The number of benzene rings is 1. The van der Waals surface area contributed by atoms with Gasteiger partial charge in [0.15, 0.2) is 0 Å². The molecule has 0 spiro atoms. The number of hydrogen-bond acceptors (Lipinski definition) is 4. The second kappa shape index (κ2) is 7.75. The molecule has 0 unspecified atom stereocenters. The first kappa shape index (κ1) is 18.4. The lowest BCUT2D eigenvalue weighted by Gasteiger charge is -2.22. The van der Waals surface area contributed by atoms with Crippen LogP contribution in [0.25, 0.3) is 0 Å². The van der Waals surface area contributed by atoms with Crippen LogP contribution < -0.4 is 10.1 Å². The predicted molar refractivity (Wildman–Crippen MR) is 97.3 cm³/mol. The molecule has 0 aliphatic rings. The Bertz CT molecular complexity index is 711. The van der Waals surface area contributed by atoms with Crippen molar-refractivity contribution in [2.75, 3.05) is 11.9 Å². The molecule has 130 valence electrons. The maximum atomic E-state index is 14.2. The highest BCUT2D eigenvalue weighted by atomic mass is 32.1. The molecule has 2 aromatic rings. The molecule has 1 heterocycles. The van der Waals surface area contributed by atoms with Gasteiger partial charge in [-0.25, -0.2) is 4.39 Å². The van der Waals surface area contributed by atoms with E-state index in [0.29, 0.717) is 18.2 Å². The Kier molecular flexibility index (Phi) is 5.94. The van der Waals surface area contributed by atoms with Gasteiger partial charge in [0, 0.05) is 11.5 Å². The molecule has 2 rings (SSSR count). The van der Waals surface area contributed by atoms with Crippen LogP contribution in [0.1, 0.15) is 51.8 Å². The monoisotopic (exact) mass is 350 g/mol. The van der Waals surface area contributed by atoms with E-state index in [4.69, 9.17) is 21.5 Å². The number of thiocarbonyl (C=S) groups is 1. The Labute approximate surface area is 147 Å². The number of aromatic nitrogens is 1. The molecule has 0 amide bonds. The highest BCUT2D eigenvalue weighted by Gasteiger charge is 2.27. The molecule has 0 saturated heterocycles. The maximum Gasteiger partial charge on any atom is 0.229 e. The van der Waals surface area contributed by atoms with Crippen molar-refractivity contribution < 1.29 is 13.7 Å². The SMILES string of the molecule is CCOc1cccc(F)c1C(=S)Nc1cc(C(C)(CC)CC)no1. The van der Waals surface area contributed by atoms with E-state index in [1.54, 1.807) is 12.1 Å². The average molecular weight is 350 g/mol. The fourth-order valence-electron chi connectivity index (χ4n) is 2.41. The van der Waals surface area contributed by atoms with Crippen LogP contribution in [0.15, 0.2) is 28.8 Å². The third-order valence-electron chi connectivity index (χ3n) is 4.43. The number of hydrogen-bond donors (Lipinski definition) is 1. The summed E-state index contributed by atoms with van der Waals surface area (Å²) in [5, 5.41) is 7.06. The first-order chi connectivity index (χ1) is 11.4. The van der Waals surface area contributed by atoms with Crippen LogP contribution in [0, 0.1) is 5.82 Å². The first-order valence-electron chi connectivity index (χ1n) is 8.15. The van der Waals surface area contributed by atoms with E-state index < -0.39 is 5.82 Å². The van der Waals surface area contributed by atoms with Crippen molar-refractivity contribution in [1.29, 1.82) is 0 Å². The van der Waals surface area contributed by atoms with Crippen LogP contribution >= 0.6 is 12.2 Å². The number of halogens is 1. The van der Waals surface area contributed by atoms with Crippen molar-refractivity contribution in [2.45, 2.75) is 46.0 Å². The van der Waals surface area contributed by atoms with Gasteiger partial charge in [0.2, 0.25) is 5.88 Å². The number of ether oxygens (including phenoxy) is 1. The van der Waals surface area contributed by atoms with E-state index in [1.165, 1.54) is 6.07 Å². The van der Waals surface area contributed by atoms with Crippen LogP contribution in [0.2, 0.25) is 0 Å². The minimum atomic E-state index is -0.440. The molecule has 0 atom stereocenters. The zero-order valence-corrected chi connectivity index (χ0v) is 15.3. The van der Waals surface area contributed by atoms with Crippen molar-refractivity contribution in [3.63, 3.8) is 0 Å². The smallest absolute Gasteiger partial charge is 0.229 e. The number of nitrogens with zero attached hydrogens (tertiary/aromatic N) is 1. The highest BCUT2D eigenvalue weighted by molar-refractivity contribution is 7.81. The summed E-state index contributed by atoms with van der Waals surface area (Å²) in [7, 11) is 0. The number of rotatable bonds is 7. The van der Waals surface area contributed by atoms with Gasteiger partial charge in [-0.15, -0.1) is 0 Å². The van der Waals surface area contributed by atoms with Gasteiger partial charge in [0.25, 0.3) is 0 Å². The Balaban J connectivity index is 2.24. The molecular weight excluding hydrogens is 327 g/mol. The molecule has 0 radical (unpaired) electrons. The van der Waals surface area contributed by atoms with Gasteiger partial charge in [-0.2, -0.15) is 0 Å². The molecular formula is C18H23FN2O2S. The highest BCUT2D eigenvalue weighted by Crippen LogP contribution is 2.32. The molecule has 1 N–H and O–H groups in total. The lowest BCUT2D eigenvalue weighted by molar-refractivity contribution is 0.337. The summed E-state index contributed by atoms with van der Waals surface area (Å²) in [4.78, 5) is 0.203. The largest absolute Gasteiger partial charge is 0.493 e. The van der Waals surface area contributed by atoms with Crippen molar-refractivity contribution in [1.82, 2.24) is 5.16 Å². The molecule has 0 saturated carbocycles. The van der Waals surface area contributed by atoms with Gasteiger partial charge < -0.3 is 14.6 Å². The summed E-state index contributed by atoms with van der Waals surface area (Å²) in [5.74, 6) is 0.362. The maximum absolute atomic E-state index is 14.2. The third-order valence-corrected chi connectivity index (χ3v) is 4.73. The van der Waals surface area contributed by atoms with E-state index in [9.17, 15) is 4.39 Å². The Hall–Kier alpha value is -1.95. The predicted octanol–water partition coefficient (Wildman–Crippen LogP) is 5.08. The van der Waals surface area contributed by atoms with Crippen LogP contribution in [0.5, 0.6) is 5.75 Å². The van der Waals surface area contributed by atoms with Crippen LogP contribution in [-0.4, -0.2) is 16.8 Å². The van der Waals surface area contributed by atoms with Crippen molar-refractivity contribution in [2.24, 2.45) is 0 Å². The fourth-order valence-corrected chi connectivity index (χ4v) is 2.70. The minimum absolute atomic E-state index is 0.0560. The summed E-state index contributed by atoms with van der Waals surface area (Å²) in [6, 6.07) is 6.45. The molecule has 0 bridgehead atoms. The van der Waals surface area contributed by atoms with Crippen molar-refractivity contribution in [3.8, 4) is 5.75 Å². The van der Waals surface area contributed by atoms with Crippen molar-refractivity contribution >= 4 is 23.1 Å². The third kappa shape index (κ3) is 3.75. The van der Waals surface area contributed by atoms with Crippen LogP contribution in [0.3, 0.4) is 0 Å². The van der Waals surface area contributed by atoms with Crippen molar-refractivity contribution in [3.05, 3.63) is 41.3 Å². The summed E-state index contributed by atoms with van der Waals surface area (Å²) in [5.41, 5.74) is 1.02. The summed E-state index contributed by atoms with van der Waals surface area (Å²) in [6.45, 7) is 8.63. The standard InChI is InChI=1S/C18H23FN2O2S/c1-5-18(4,6-2)14-11-15(23-21-14)20-17(24)16-12(19)9-8-10-13(16)22-7-3/h8-11H,5-7H2,1-4H3,(H,20,24). The topological polar surface area (TPSA) is 47.3 Å². The molecule has 1 aromatic carbocycles. The Morgan fingerprint density at radius 1 is 1.33 bits per heavy atom. The lowest BCUT2D eigenvalue weighted by atomic mass is 9.81. The molecule has 0 aliphatic carbocycles. The quantitative estimate of drug-likeness (QED) is 0.706. The number of anilines is 1. The lowest BCUT2D eigenvalue weighted by Crippen LogP contribution is -2.19. The van der Waals surface area contributed by atoms with E-state index in [2.05, 4.69) is 31.2 Å². The van der Waals surface area contributed by atoms with Gasteiger partial charge in [0.05, 0.1) is 17.9 Å². The van der Waals surface area contributed by atoms with Gasteiger partial charge >= 0.3 is 0 Å². The second-order valence-electron chi connectivity index (χ2n) is 5.84. The van der Waals surface area contributed by atoms with E-state index in [0.717, 1.165) is 18.5 Å². The Morgan fingerprint density at radius 2 is 2.04 bits per heavy atom. The molecule has 6 heteroatoms. The summed E-state index contributed by atoms with van der Waals surface area (Å²) in [6.07, 6.45) is 1.89.